The second-order valence-corrected chi connectivity index (χ2v) is 5.39. The van der Waals surface area contributed by atoms with Gasteiger partial charge in [-0.15, -0.1) is 11.3 Å². The largest absolute Gasteiger partial charge is 0.397 e. The molecule has 5 heteroatoms. The summed E-state index contributed by atoms with van der Waals surface area (Å²) >= 11 is 1.48. The smallest absolute Gasteiger partial charge is 0.263 e. The number of nitrogen functional groups attached to an aromatic ring is 1. The SMILES string of the molecule is CCCNc1sc(C(=O)NC)c(N)c1C1CC1. The van der Waals surface area contributed by atoms with Crippen molar-refractivity contribution < 1.29 is 4.79 Å². The van der Waals surface area contributed by atoms with Gasteiger partial charge in [0.1, 0.15) is 4.88 Å². The summed E-state index contributed by atoms with van der Waals surface area (Å²) < 4.78 is 0. The van der Waals surface area contributed by atoms with E-state index >= 15 is 0 Å². The fraction of sp³-hybridized carbons (Fsp3) is 0.583. The lowest BCUT2D eigenvalue weighted by Crippen LogP contribution is -2.17. The molecule has 1 heterocycles. The highest BCUT2D eigenvalue weighted by Gasteiger charge is 2.32. The van der Waals surface area contributed by atoms with Crippen molar-refractivity contribution in [3.05, 3.63) is 10.4 Å². The number of thiophene rings is 1. The maximum atomic E-state index is 11.7. The van der Waals surface area contributed by atoms with Crippen LogP contribution in [0.25, 0.3) is 0 Å². The number of hydrogen-bond acceptors (Lipinski definition) is 4. The molecule has 0 aliphatic heterocycles. The molecule has 1 amide bonds. The average Bonchev–Trinajstić information content (AvgIpc) is 3.11. The van der Waals surface area contributed by atoms with Crippen molar-refractivity contribution in [2.24, 2.45) is 0 Å². The Morgan fingerprint density at radius 1 is 1.53 bits per heavy atom. The van der Waals surface area contributed by atoms with E-state index in [4.69, 9.17) is 5.73 Å². The lowest BCUT2D eigenvalue weighted by Gasteiger charge is -2.05. The summed E-state index contributed by atoms with van der Waals surface area (Å²) in [7, 11) is 1.64. The van der Waals surface area contributed by atoms with E-state index in [1.807, 2.05) is 0 Å². The van der Waals surface area contributed by atoms with Crippen LogP contribution in [0.15, 0.2) is 0 Å². The van der Waals surface area contributed by atoms with Crippen molar-refractivity contribution in [2.45, 2.75) is 32.1 Å². The molecule has 4 nitrogen and oxygen atoms in total. The van der Waals surface area contributed by atoms with Gasteiger partial charge in [-0.2, -0.15) is 0 Å². The third kappa shape index (κ3) is 2.39. The van der Waals surface area contributed by atoms with E-state index < -0.39 is 0 Å². The summed E-state index contributed by atoms with van der Waals surface area (Å²) in [5, 5.41) is 7.11. The number of amides is 1. The van der Waals surface area contributed by atoms with Crippen molar-refractivity contribution in [1.29, 1.82) is 0 Å². The number of rotatable bonds is 5. The predicted octanol–water partition coefficient (Wildman–Crippen LogP) is 2.39. The van der Waals surface area contributed by atoms with Gasteiger partial charge < -0.3 is 16.4 Å². The molecule has 0 radical (unpaired) electrons. The molecule has 0 spiro atoms. The van der Waals surface area contributed by atoms with Gasteiger partial charge in [-0.05, 0) is 25.2 Å². The molecule has 1 aliphatic carbocycles. The molecule has 1 aromatic rings. The van der Waals surface area contributed by atoms with Crippen LogP contribution in [0.1, 0.15) is 47.3 Å². The molecule has 0 atom stereocenters. The molecule has 4 N–H and O–H groups in total. The highest BCUT2D eigenvalue weighted by Crippen LogP contribution is 2.50. The summed E-state index contributed by atoms with van der Waals surface area (Å²) in [5.41, 5.74) is 7.95. The summed E-state index contributed by atoms with van der Waals surface area (Å²) in [5.74, 6) is 0.475. The van der Waals surface area contributed by atoms with Crippen LogP contribution in [0.3, 0.4) is 0 Å². The van der Waals surface area contributed by atoms with Gasteiger partial charge in [0.25, 0.3) is 5.91 Å². The first kappa shape index (κ1) is 12.2. The molecular weight excluding hydrogens is 234 g/mol. The molecule has 2 rings (SSSR count). The Kier molecular flexibility index (Phi) is 3.57. The minimum absolute atomic E-state index is 0.0843. The monoisotopic (exact) mass is 253 g/mol. The van der Waals surface area contributed by atoms with Gasteiger partial charge in [-0.1, -0.05) is 6.92 Å². The molecule has 0 saturated heterocycles. The van der Waals surface area contributed by atoms with Crippen LogP contribution < -0.4 is 16.4 Å². The Balaban J connectivity index is 2.32. The van der Waals surface area contributed by atoms with Gasteiger partial charge in [-0.25, -0.2) is 0 Å². The number of anilines is 2. The van der Waals surface area contributed by atoms with E-state index in [9.17, 15) is 4.79 Å². The van der Waals surface area contributed by atoms with Gasteiger partial charge in [-0.3, -0.25) is 4.79 Å². The minimum Gasteiger partial charge on any atom is -0.397 e. The normalized spacial score (nSPS) is 14.7. The maximum absolute atomic E-state index is 11.7. The van der Waals surface area contributed by atoms with Gasteiger partial charge in [0.05, 0.1) is 10.7 Å². The topological polar surface area (TPSA) is 67.2 Å². The first-order chi connectivity index (χ1) is 8.19. The third-order valence-electron chi connectivity index (χ3n) is 2.94. The number of nitrogens with one attached hydrogen (secondary N) is 2. The highest BCUT2D eigenvalue weighted by atomic mass is 32.1. The number of carbonyl (C=O) groups excluding carboxylic acids is 1. The molecular formula is C12H19N3OS. The Bertz CT molecular complexity index is 424. The fourth-order valence-corrected chi connectivity index (χ4v) is 3.07. The molecule has 1 fully saturated rings. The Hall–Kier alpha value is -1.23. The Morgan fingerprint density at radius 2 is 2.24 bits per heavy atom. The highest BCUT2D eigenvalue weighted by molar-refractivity contribution is 7.18. The summed E-state index contributed by atoms with van der Waals surface area (Å²) in [6, 6.07) is 0. The molecule has 1 saturated carbocycles. The fourth-order valence-electron chi connectivity index (χ4n) is 1.89. The quantitative estimate of drug-likeness (QED) is 0.754. The van der Waals surface area contributed by atoms with Crippen LogP contribution >= 0.6 is 11.3 Å². The van der Waals surface area contributed by atoms with E-state index in [2.05, 4.69) is 17.6 Å². The van der Waals surface area contributed by atoms with Crippen LogP contribution in [0.5, 0.6) is 0 Å². The molecule has 0 aromatic carbocycles. The van der Waals surface area contributed by atoms with E-state index in [1.54, 1.807) is 7.05 Å². The molecule has 1 aromatic heterocycles. The van der Waals surface area contributed by atoms with E-state index in [0.717, 1.165) is 18.0 Å². The second kappa shape index (κ2) is 4.96. The standard InChI is InChI=1S/C12H19N3OS/c1-3-6-15-12-8(7-4-5-7)9(13)10(17-12)11(16)14-2/h7,15H,3-6,13H2,1-2H3,(H,14,16). The van der Waals surface area contributed by atoms with Crippen LogP contribution in [-0.4, -0.2) is 19.5 Å². The van der Waals surface area contributed by atoms with E-state index in [0.29, 0.717) is 16.5 Å². The summed E-state index contributed by atoms with van der Waals surface area (Å²) in [6.07, 6.45) is 3.45. The average molecular weight is 253 g/mol. The van der Waals surface area contributed by atoms with Crippen LogP contribution in [-0.2, 0) is 0 Å². The van der Waals surface area contributed by atoms with Crippen molar-refractivity contribution >= 4 is 27.9 Å². The zero-order valence-electron chi connectivity index (χ0n) is 10.3. The molecule has 0 unspecified atom stereocenters. The van der Waals surface area contributed by atoms with E-state index in [1.165, 1.54) is 29.7 Å². The van der Waals surface area contributed by atoms with E-state index in [-0.39, 0.29) is 5.91 Å². The zero-order chi connectivity index (χ0) is 12.4. The van der Waals surface area contributed by atoms with Crippen molar-refractivity contribution in [1.82, 2.24) is 5.32 Å². The molecule has 1 aliphatic rings. The van der Waals surface area contributed by atoms with Crippen LogP contribution in [0.2, 0.25) is 0 Å². The van der Waals surface area contributed by atoms with Gasteiger partial charge in [0, 0.05) is 19.2 Å². The Morgan fingerprint density at radius 3 is 2.76 bits per heavy atom. The number of nitrogens with two attached hydrogens (primary N) is 1. The van der Waals surface area contributed by atoms with Crippen molar-refractivity contribution in [3.63, 3.8) is 0 Å². The predicted molar refractivity (Wildman–Crippen MR) is 72.9 cm³/mol. The van der Waals surface area contributed by atoms with Crippen LogP contribution in [0.4, 0.5) is 10.7 Å². The summed E-state index contributed by atoms with van der Waals surface area (Å²) in [6.45, 7) is 3.05. The van der Waals surface area contributed by atoms with Crippen molar-refractivity contribution in [3.8, 4) is 0 Å². The molecule has 0 bridgehead atoms. The number of hydrogen-bond donors (Lipinski definition) is 3. The zero-order valence-corrected chi connectivity index (χ0v) is 11.1. The first-order valence-electron chi connectivity index (χ1n) is 6.07. The van der Waals surface area contributed by atoms with Crippen molar-refractivity contribution in [2.75, 3.05) is 24.6 Å². The number of carbonyl (C=O) groups is 1. The minimum atomic E-state index is -0.0843. The lowest BCUT2D eigenvalue weighted by atomic mass is 10.1. The van der Waals surface area contributed by atoms with Gasteiger partial charge >= 0.3 is 0 Å². The second-order valence-electron chi connectivity index (χ2n) is 4.37. The summed E-state index contributed by atoms with van der Waals surface area (Å²) in [4.78, 5) is 12.4. The third-order valence-corrected chi connectivity index (χ3v) is 4.12. The van der Waals surface area contributed by atoms with Gasteiger partial charge in [0.15, 0.2) is 0 Å². The first-order valence-corrected chi connectivity index (χ1v) is 6.88. The molecule has 94 valence electrons. The molecule has 17 heavy (non-hydrogen) atoms. The lowest BCUT2D eigenvalue weighted by molar-refractivity contribution is 0.0968. The Labute approximate surface area is 106 Å². The maximum Gasteiger partial charge on any atom is 0.263 e. The van der Waals surface area contributed by atoms with Gasteiger partial charge in [0.2, 0.25) is 0 Å². The van der Waals surface area contributed by atoms with Crippen LogP contribution in [0, 0.1) is 0 Å².